The molecule has 1 heterocycles. The molecule has 5 nitrogen and oxygen atoms in total. The van der Waals surface area contributed by atoms with Gasteiger partial charge in [-0.25, -0.2) is 4.68 Å². The highest BCUT2D eigenvalue weighted by molar-refractivity contribution is 5.57. The standard InChI is InChI=1S/C21H25N3O2/c1-14-11-17(24-16(3)12-15(2)23-24)9-10-20(14)26-13-18-19(22-4)7-6-8-21(18)25-5/h6-12,22H,13H2,1-5H3. The van der Waals surface area contributed by atoms with Gasteiger partial charge in [0, 0.05) is 18.4 Å². The number of rotatable bonds is 6. The Hall–Kier alpha value is -2.95. The number of methoxy groups -OCH3 is 1. The van der Waals surface area contributed by atoms with E-state index in [9.17, 15) is 0 Å². The summed E-state index contributed by atoms with van der Waals surface area (Å²) < 4.78 is 13.5. The monoisotopic (exact) mass is 351 g/mol. The first-order chi connectivity index (χ1) is 12.5. The van der Waals surface area contributed by atoms with E-state index >= 15 is 0 Å². The zero-order valence-corrected chi connectivity index (χ0v) is 16.0. The Bertz CT molecular complexity index is 893. The van der Waals surface area contributed by atoms with Gasteiger partial charge in [-0.1, -0.05) is 6.07 Å². The van der Waals surface area contributed by atoms with Crippen LogP contribution in [-0.2, 0) is 6.61 Å². The number of hydrogen-bond acceptors (Lipinski definition) is 4. The summed E-state index contributed by atoms with van der Waals surface area (Å²) in [5.74, 6) is 1.66. The Morgan fingerprint density at radius 3 is 2.46 bits per heavy atom. The quantitative estimate of drug-likeness (QED) is 0.714. The van der Waals surface area contributed by atoms with Crippen LogP contribution in [-0.4, -0.2) is 23.9 Å². The molecule has 0 saturated heterocycles. The SMILES string of the molecule is CNc1cccc(OC)c1COc1ccc(-n2nc(C)cc2C)cc1C. The molecule has 2 aromatic carbocycles. The van der Waals surface area contributed by atoms with Gasteiger partial charge in [0.15, 0.2) is 0 Å². The number of hydrogen-bond donors (Lipinski definition) is 1. The number of nitrogens with one attached hydrogen (secondary N) is 1. The molecule has 0 amide bonds. The Balaban J connectivity index is 1.83. The maximum absolute atomic E-state index is 6.08. The van der Waals surface area contributed by atoms with Crippen molar-refractivity contribution < 1.29 is 9.47 Å². The van der Waals surface area contributed by atoms with Crippen LogP contribution in [0.25, 0.3) is 5.69 Å². The van der Waals surface area contributed by atoms with Crippen LogP contribution in [0.5, 0.6) is 11.5 Å². The van der Waals surface area contributed by atoms with Crippen LogP contribution < -0.4 is 14.8 Å². The van der Waals surface area contributed by atoms with Gasteiger partial charge in [-0.2, -0.15) is 5.10 Å². The van der Waals surface area contributed by atoms with Gasteiger partial charge in [-0.3, -0.25) is 0 Å². The van der Waals surface area contributed by atoms with E-state index in [0.717, 1.165) is 45.4 Å². The summed E-state index contributed by atoms with van der Waals surface area (Å²) >= 11 is 0. The van der Waals surface area contributed by atoms with Crippen molar-refractivity contribution in [3.05, 3.63) is 65.0 Å². The van der Waals surface area contributed by atoms with E-state index in [1.165, 1.54) is 0 Å². The number of aromatic nitrogens is 2. The highest BCUT2D eigenvalue weighted by Gasteiger charge is 2.11. The number of benzene rings is 2. The summed E-state index contributed by atoms with van der Waals surface area (Å²) in [5, 5.41) is 7.73. The number of ether oxygens (including phenoxy) is 2. The third-order valence-electron chi connectivity index (χ3n) is 4.41. The normalized spacial score (nSPS) is 10.7. The van der Waals surface area contributed by atoms with Crippen molar-refractivity contribution in [1.29, 1.82) is 0 Å². The van der Waals surface area contributed by atoms with Gasteiger partial charge in [0.05, 0.1) is 24.1 Å². The number of nitrogens with zero attached hydrogens (tertiary/aromatic N) is 2. The van der Waals surface area contributed by atoms with E-state index in [2.05, 4.69) is 29.5 Å². The molecule has 0 aliphatic heterocycles. The van der Waals surface area contributed by atoms with Crippen LogP contribution in [0.15, 0.2) is 42.5 Å². The minimum atomic E-state index is 0.431. The van der Waals surface area contributed by atoms with Crippen molar-refractivity contribution in [2.75, 3.05) is 19.5 Å². The van der Waals surface area contributed by atoms with Gasteiger partial charge in [0.1, 0.15) is 18.1 Å². The van der Waals surface area contributed by atoms with Gasteiger partial charge in [-0.05, 0) is 62.7 Å². The highest BCUT2D eigenvalue weighted by atomic mass is 16.5. The minimum Gasteiger partial charge on any atom is -0.496 e. The fraction of sp³-hybridized carbons (Fsp3) is 0.286. The van der Waals surface area contributed by atoms with E-state index in [-0.39, 0.29) is 0 Å². The molecule has 3 aromatic rings. The van der Waals surface area contributed by atoms with Crippen LogP contribution in [0, 0.1) is 20.8 Å². The van der Waals surface area contributed by atoms with Gasteiger partial charge < -0.3 is 14.8 Å². The fourth-order valence-electron chi connectivity index (χ4n) is 3.11. The molecule has 0 spiro atoms. The first-order valence-corrected chi connectivity index (χ1v) is 8.64. The van der Waals surface area contributed by atoms with Crippen LogP contribution in [0.3, 0.4) is 0 Å². The lowest BCUT2D eigenvalue weighted by molar-refractivity contribution is 0.295. The molecule has 1 aromatic heterocycles. The van der Waals surface area contributed by atoms with Crippen molar-refractivity contribution in [2.45, 2.75) is 27.4 Å². The summed E-state index contributed by atoms with van der Waals surface area (Å²) in [6, 6.07) is 14.1. The van der Waals surface area contributed by atoms with E-state index in [4.69, 9.17) is 9.47 Å². The molecule has 0 saturated carbocycles. The molecule has 0 bridgehead atoms. The van der Waals surface area contributed by atoms with E-state index in [0.29, 0.717) is 6.61 Å². The second-order valence-corrected chi connectivity index (χ2v) is 6.31. The van der Waals surface area contributed by atoms with E-state index in [1.807, 2.05) is 55.9 Å². The lowest BCUT2D eigenvalue weighted by Gasteiger charge is -2.16. The molecule has 0 aliphatic rings. The van der Waals surface area contributed by atoms with Crippen molar-refractivity contribution in [1.82, 2.24) is 9.78 Å². The maximum Gasteiger partial charge on any atom is 0.127 e. The van der Waals surface area contributed by atoms with Crippen LogP contribution >= 0.6 is 0 Å². The molecule has 3 rings (SSSR count). The first-order valence-electron chi connectivity index (χ1n) is 8.64. The molecule has 136 valence electrons. The van der Waals surface area contributed by atoms with Crippen LogP contribution in [0.1, 0.15) is 22.5 Å². The van der Waals surface area contributed by atoms with Gasteiger partial charge in [0.25, 0.3) is 0 Å². The summed E-state index contributed by atoms with van der Waals surface area (Å²) in [7, 11) is 3.57. The van der Waals surface area contributed by atoms with Crippen molar-refractivity contribution >= 4 is 5.69 Å². The molecule has 0 fully saturated rings. The zero-order chi connectivity index (χ0) is 18.7. The molecular formula is C21H25N3O2. The second-order valence-electron chi connectivity index (χ2n) is 6.31. The number of anilines is 1. The largest absolute Gasteiger partial charge is 0.496 e. The smallest absolute Gasteiger partial charge is 0.127 e. The minimum absolute atomic E-state index is 0.431. The molecule has 26 heavy (non-hydrogen) atoms. The Morgan fingerprint density at radius 1 is 1.04 bits per heavy atom. The maximum atomic E-state index is 6.08. The summed E-state index contributed by atoms with van der Waals surface area (Å²) in [4.78, 5) is 0. The Labute approximate surface area is 154 Å². The van der Waals surface area contributed by atoms with Gasteiger partial charge >= 0.3 is 0 Å². The molecule has 0 unspecified atom stereocenters. The fourth-order valence-corrected chi connectivity index (χ4v) is 3.11. The average molecular weight is 351 g/mol. The molecule has 1 N–H and O–H groups in total. The predicted molar refractivity (Wildman–Crippen MR) is 105 cm³/mol. The van der Waals surface area contributed by atoms with Crippen molar-refractivity contribution in [2.24, 2.45) is 0 Å². The van der Waals surface area contributed by atoms with E-state index in [1.54, 1.807) is 7.11 Å². The second kappa shape index (κ2) is 7.52. The predicted octanol–water partition coefficient (Wildman–Crippen LogP) is 4.43. The first kappa shape index (κ1) is 17.9. The van der Waals surface area contributed by atoms with Crippen molar-refractivity contribution in [3.8, 4) is 17.2 Å². The van der Waals surface area contributed by atoms with Crippen LogP contribution in [0.2, 0.25) is 0 Å². The topological polar surface area (TPSA) is 48.3 Å². The van der Waals surface area contributed by atoms with Gasteiger partial charge in [0.2, 0.25) is 0 Å². The van der Waals surface area contributed by atoms with Gasteiger partial charge in [-0.15, -0.1) is 0 Å². The molecule has 5 heteroatoms. The third-order valence-corrected chi connectivity index (χ3v) is 4.41. The summed E-state index contributed by atoms with van der Waals surface area (Å²) in [6.07, 6.45) is 0. The number of aryl methyl sites for hydroxylation is 3. The summed E-state index contributed by atoms with van der Waals surface area (Å²) in [5.41, 5.74) is 6.23. The zero-order valence-electron chi connectivity index (χ0n) is 16.0. The molecule has 0 radical (unpaired) electrons. The highest BCUT2D eigenvalue weighted by Crippen LogP contribution is 2.29. The average Bonchev–Trinajstić information content (AvgIpc) is 2.98. The van der Waals surface area contributed by atoms with E-state index < -0.39 is 0 Å². The van der Waals surface area contributed by atoms with Crippen LogP contribution in [0.4, 0.5) is 5.69 Å². The molecular weight excluding hydrogens is 326 g/mol. The lowest BCUT2D eigenvalue weighted by Crippen LogP contribution is -2.05. The molecule has 0 atom stereocenters. The lowest BCUT2D eigenvalue weighted by atomic mass is 10.1. The Morgan fingerprint density at radius 2 is 1.85 bits per heavy atom. The summed E-state index contributed by atoms with van der Waals surface area (Å²) in [6.45, 7) is 6.53. The van der Waals surface area contributed by atoms with Crippen molar-refractivity contribution in [3.63, 3.8) is 0 Å². The third kappa shape index (κ3) is 3.52. The Kier molecular flexibility index (Phi) is 5.16. The molecule has 0 aliphatic carbocycles.